The molecule has 96 valence electrons. The van der Waals surface area contributed by atoms with Gasteiger partial charge in [-0.1, -0.05) is 31.0 Å². The molecule has 0 aliphatic heterocycles. The van der Waals surface area contributed by atoms with Crippen LogP contribution in [0.4, 0.5) is 0 Å². The van der Waals surface area contributed by atoms with E-state index in [2.05, 4.69) is 6.92 Å². The summed E-state index contributed by atoms with van der Waals surface area (Å²) in [5, 5.41) is 9.46. The molecule has 0 aromatic heterocycles. The molecule has 1 aromatic rings. The van der Waals surface area contributed by atoms with E-state index in [4.69, 9.17) is 26.3 Å². The monoisotopic (exact) mass is 265 g/mol. The zero-order valence-electron chi connectivity index (χ0n) is 10.6. The van der Waals surface area contributed by atoms with Gasteiger partial charge in [-0.25, -0.2) is 0 Å². The van der Waals surface area contributed by atoms with E-state index in [1.807, 2.05) is 13.0 Å². The number of halogens is 1. The minimum atomic E-state index is 0.295. The van der Waals surface area contributed by atoms with Crippen LogP contribution in [0.5, 0.6) is 11.5 Å². The lowest BCUT2D eigenvalue weighted by Gasteiger charge is -2.12. The summed E-state index contributed by atoms with van der Waals surface area (Å²) in [7, 11) is 0. The molecule has 0 fully saturated rings. The van der Waals surface area contributed by atoms with Crippen LogP contribution in [0.1, 0.15) is 32.3 Å². The minimum Gasteiger partial charge on any atom is -0.490 e. The van der Waals surface area contributed by atoms with E-state index in [1.54, 1.807) is 18.2 Å². The molecule has 0 unspecified atom stereocenters. The molecule has 0 aliphatic carbocycles. The molecule has 0 spiro atoms. The molecule has 0 aliphatic rings. The van der Waals surface area contributed by atoms with Gasteiger partial charge in [-0.15, -0.1) is 0 Å². The van der Waals surface area contributed by atoms with Crippen LogP contribution < -0.4 is 9.47 Å². The summed E-state index contributed by atoms with van der Waals surface area (Å²) in [4.78, 5) is 0. The van der Waals surface area contributed by atoms with Crippen molar-refractivity contribution in [1.29, 1.82) is 5.26 Å². The zero-order valence-corrected chi connectivity index (χ0v) is 11.3. The Labute approximate surface area is 113 Å². The van der Waals surface area contributed by atoms with Gasteiger partial charge in [0.15, 0.2) is 11.5 Å². The fourth-order valence-electron chi connectivity index (χ4n) is 1.34. The Hall–Kier alpha value is -1.66. The normalized spacial score (nSPS) is 10.3. The lowest BCUT2D eigenvalue weighted by Crippen LogP contribution is -2.00. The first kappa shape index (κ1) is 14.4. The molecule has 0 amide bonds. The van der Waals surface area contributed by atoms with E-state index in [0.717, 1.165) is 12.8 Å². The maximum atomic E-state index is 9.10. The number of benzene rings is 1. The Bertz CT molecular complexity index is 464. The van der Waals surface area contributed by atoms with Crippen LogP contribution in [-0.2, 0) is 0 Å². The largest absolute Gasteiger partial charge is 0.490 e. The van der Waals surface area contributed by atoms with Gasteiger partial charge in [-0.2, -0.15) is 5.26 Å². The predicted molar refractivity (Wildman–Crippen MR) is 72.0 cm³/mol. The second kappa shape index (κ2) is 7.62. The maximum absolute atomic E-state index is 9.10. The third-order valence-electron chi connectivity index (χ3n) is 2.26. The molecule has 1 rings (SSSR count). The third kappa shape index (κ3) is 3.68. The average molecular weight is 266 g/mol. The van der Waals surface area contributed by atoms with Crippen LogP contribution in [0, 0.1) is 11.3 Å². The summed E-state index contributed by atoms with van der Waals surface area (Å²) in [6.07, 6.45) is 5.23. The van der Waals surface area contributed by atoms with Crippen LogP contribution in [0.15, 0.2) is 24.5 Å². The van der Waals surface area contributed by atoms with Gasteiger partial charge in [0.25, 0.3) is 0 Å². The number of ether oxygens (including phenoxy) is 2. The first-order valence-corrected chi connectivity index (χ1v) is 6.25. The van der Waals surface area contributed by atoms with Gasteiger partial charge < -0.3 is 9.47 Å². The zero-order chi connectivity index (χ0) is 13.4. The van der Waals surface area contributed by atoms with E-state index in [-0.39, 0.29) is 0 Å². The summed E-state index contributed by atoms with van der Waals surface area (Å²) in [5.41, 5.74) is 0.295. The third-order valence-corrected chi connectivity index (χ3v) is 2.57. The quantitative estimate of drug-likeness (QED) is 0.569. The molecule has 1 aromatic carbocycles. The van der Waals surface area contributed by atoms with Crippen molar-refractivity contribution in [3.05, 3.63) is 35.1 Å². The summed E-state index contributed by atoms with van der Waals surface area (Å²) in [6, 6.07) is 5.40. The molecular weight excluding hydrogens is 250 g/mol. The Morgan fingerprint density at radius 3 is 2.83 bits per heavy atom. The highest BCUT2D eigenvalue weighted by Gasteiger charge is 2.14. The van der Waals surface area contributed by atoms with Crippen LogP contribution in [0.2, 0.25) is 5.02 Å². The van der Waals surface area contributed by atoms with Crippen LogP contribution in [0.25, 0.3) is 0 Å². The first-order chi connectivity index (χ1) is 8.74. The number of allylic oxidation sites excluding steroid dienone is 1. The van der Waals surface area contributed by atoms with E-state index in [0.29, 0.717) is 28.7 Å². The second-order valence-electron chi connectivity index (χ2n) is 3.65. The number of unbranched alkanes of at least 4 members (excludes halogenated alkanes) is 1. The molecule has 0 saturated heterocycles. The lowest BCUT2D eigenvalue weighted by atomic mass is 10.2. The van der Waals surface area contributed by atoms with Crippen LogP contribution >= 0.6 is 11.6 Å². The average Bonchev–Trinajstić information content (AvgIpc) is 2.38. The first-order valence-electron chi connectivity index (χ1n) is 5.87. The molecule has 0 N–H and O–H groups in total. The van der Waals surface area contributed by atoms with E-state index in [1.165, 1.54) is 6.26 Å². The number of hydrogen-bond acceptors (Lipinski definition) is 3. The van der Waals surface area contributed by atoms with Gasteiger partial charge in [0.2, 0.25) is 0 Å². The van der Waals surface area contributed by atoms with Crippen molar-refractivity contribution in [2.24, 2.45) is 0 Å². The van der Waals surface area contributed by atoms with Crippen molar-refractivity contribution >= 4 is 11.6 Å². The molecule has 0 heterocycles. The Morgan fingerprint density at radius 1 is 1.44 bits per heavy atom. The van der Waals surface area contributed by atoms with Crippen molar-refractivity contribution in [2.45, 2.75) is 26.7 Å². The standard InChI is InChI=1S/C14H16ClNO2/c1-3-5-9-17-13-7-6-12(15)11(10-16)14(13)18-8-4-2/h4,6-8H,3,5,9H2,1-2H3. The van der Waals surface area contributed by atoms with Gasteiger partial charge in [-0.3, -0.25) is 0 Å². The molecule has 3 nitrogen and oxygen atoms in total. The van der Waals surface area contributed by atoms with E-state index < -0.39 is 0 Å². The van der Waals surface area contributed by atoms with Crippen molar-refractivity contribution in [2.75, 3.05) is 6.61 Å². The molecule has 0 atom stereocenters. The van der Waals surface area contributed by atoms with E-state index >= 15 is 0 Å². The van der Waals surface area contributed by atoms with Crippen molar-refractivity contribution in [1.82, 2.24) is 0 Å². The molecule has 0 radical (unpaired) electrons. The molecule has 4 heteroatoms. The van der Waals surface area contributed by atoms with Crippen LogP contribution in [-0.4, -0.2) is 6.61 Å². The van der Waals surface area contributed by atoms with Crippen molar-refractivity contribution in [3.63, 3.8) is 0 Å². The highest BCUT2D eigenvalue weighted by molar-refractivity contribution is 6.32. The van der Waals surface area contributed by atoms with E-state index in [9.17, 15) is 0 Å². The molecular formula is C14H16ClNO2. The molecule has 18 heavy (non-hydrogen) atoms. The number of hydrogen-bond donors (Lipinski definition) is 0. The summed E-state index contributed by atoms with van der Waals surface area (Å²) < 4.78 is 11.0. The SMILES string of the molecule is CC=COc1c(OCCCC)ccc(Cl)c1C#N. The van der Waals surface area contributed by atoms with Crippen molar-refractivity contribution in [3.8, 4) is 17.6 Å². The molecule has 0 bridgehead atoms. The van der Waals surface area contributed by atoms with Crippen molar-refractivity contribution < 1.29 is 9.47 Å². The van der Waals surface area contributed by atoms with Gasteiger partial charge in [-0.05, 0) is 25.5 Å². The fraction of sp³-hybridized carbons (Fsp3) is 0.357. The summed E-state index contributed by atoms with van der Waals surface area (Å²) in [6.45, 7) is 4.51. The Balaban J connectivity index is 3.04. The Morgan fingerprint density at radius 2 is 2.22 bits per heavy atom. The highest BCUT2D eigenvalue weighted by Crippen LogP contribution is 2.36. The van der Waals surface area contributed by atoms with Gasteiger partial charge in [0.1, 0.15) is 11.6 Å². The molecule has 0 saturated carbocycles. The minimum absolute atomic E-state index is 0.295. The number of rotatable bonds is 6. The summed E-state index contributed by atoms with van der Waals surface area (Å²) in [5.74, 6) is 0.918. The van der Waals surface area contributed by atoms with Crippen LogP contribution in [0.3, 0.4) is 0 Å². The highest BCUT2D eigenvalue weighted by atomic mass is 35.5. The topological polar surface area (TPSA) is 42.2 Å². The second-order valence-corrected chi connectivity index (χ2v) is 4.06. The number of nitriles is 1. The van der Waals surface area contributed by atoms with Gasteiger partial charge in [0, 0.05) is 0 Å². The lowest BCUT2D eigenvalue weighted by molar-refractivity contribution is 0.295. The maximum Gasteiger partial charge on any atom is 0.187 e. The Kier molecular flexibility index (Phi) is 6.10. The summed E-state index contributed by atoms with van der Waals surface area (Å²) >= 11 is 5.96. The number of nitrogens with zero attached hydrogens (tertiary/aromatic N) is 1. The fourth-order valence-corrected chi connectivity index (χ4v) is 1.53. The van der Waals surface area contributed by atoms with Gasteiger partial charge >= 0.3 is 0 Å². The van der Waals surface area contributed by atoms with Gasteiger partial charge in [0.05, 0.1) is 17.9 Å². The predicted octanol–water partition coefficient (Wildman–Crippen LogP) is 4.30. The smallest absolute Gasteiger partial charge is 0.187 e.